The first kappa shape index (κ1) is 24.6. The van der Waals surface area contributed by atoms with Gasteiger partial charge in [0.1, 0.15) is 16.4 Å². The van der Waals surface area contributed by atoms with E-state index in [0.717, 1.165) is 11.8 Å². The van der Waals surface area contributed by atoms with Crippen LogP contribution in [-0.4, -0.2) is 52.1 Å². The number of nitrogens with zero attached hydrogens (tertiary/aromatic N) is 4. The maximum absolute atomic E-state index is 12.0. The van der Waals surface area contributed by atoms with Crippen LogP contribution in [0, 0.1) is 10.1 Å². The number of carbonyl (C=O) groups is 1. The molecule has 1 heterocycles. The SMILES string of the molecule is CCn1c(S/C(=C\c2ccc(OC)c([N+](=O)[O-])c2)C(=O)O)nnc1-c1cc(OC)cc(OC)c1. The molecule has 0 bridgehead atoms. The molecule has 0 saturated heterocycles. The van der Waals surface area contributed by atoms with E-state index < -0.39 is 10.9 Å². The van der Waals surface area contributed by atoms with E-state index in [1.54, 1.807) is 22.8 Å². The molecule has 12 heteroatoms. The third kappa shape index (κ3) is 5.29. The van der Waals surface area contributed by atoms with Gasteiger partial charge < -0.3 is 23.9 Å². The van der Waals surface area contributed by atoms with E-state index in [-0.39, 0.29) is 16.3 Å². The van der Waals surface area contributed by atoms with Crippen LogP contribution >= 0.6 is 11.8 Å². The van der Waals surface area contributed by atoms with Crippen LogP contribution in [0.4, 0.5) is 5.69 Å². The number of benzene rings is 2. The first-order chi connectivity index (χ1) is 16.3. The third-order valence-electron chi connectivity index (χ3n) is 4.75. The Balaban J connectivity index is 2.01. The molecule has 34 heavy (non-hydrogen) atoms. The smallest absolute Gasteiger partial charge is 0.342 e. The second kappa shape index (κ2) is 10.7. The molecule has 3 rings (SSSR count). The first-order valence-corrected chi connectivity index (χ1v) is 10.7. The summed E-state index contributed by atoms with van der Waals surface area (Å²) in [5.74, 6) is 0.518. The maximum Gasteiger partial charge on any atom is 0.342 e. The van der Waals surface area contributed by atoms with Gasteiger partial charge in [0.2, 0.25) is 0 Å². The summed E-state index contributed by atoms with van der Waals surface area (Å²) in [4.78, 5) is 22.6. The van der Waals surface area contributed by atoms with Crippen molar-refractivity contribution >= 4 is 29.5 Å². The highest BCUT2D eigenvalue weighted by Gasteiger charge is 2.20. The van der Waals surface area contributed by atoms with E-state index >= 15 is 0 Å². The van der Waals surface area contributed by atoms with E-state index in [1.807, 2.05) is 6.92 Å². The van der Waals surface area contributed by atoms with Gasteiger partial charge in [-0.3, -0.25) is 10.1 Å². The summed E-state index contributed by atoms with van der Waals surface area (Å²) in [6.07, 6.45) is 1.34. The minimum Gasteiger partial charge on any atom is -0.497 e. The van der Waals surface area contributed by atoms with Gasteiger partial charge in [0.05, 0.1) is 26.3 Å². The number of hydrogen-bond acceptors (Lipinski definition) is 9. The van der Waals surface area contributed by atoms with Gasteiger partial charge in [0.25, 0.3) is 0 Å². The standard InChI is InChI=1S/C22H22N4O7S/c1-5-25-20(14-10-15(31-2)12-16(11-14)32-3)23-24-22(25)34-19(21(27)28)9-13-6-7-18(33-4)17(8-13)26(29)30/h6-12H,5H2,1-4H3,(H,27,28)/b19-9-. The molecule has 0 amide bonds. The van der Waals surface area contributed by atoms with Crippen molar-refractivity contribution < 1.29 is 29.0 Å². The number of hydrogen-bond donors (Lipinski definition) is 1. The lowest BCUT2D eigenvalue weighted by Crippen LogP contribution is -2.03. The van der Waals surface area contributed by atoms with Gasteiger partial charge in [-0.2, -0.15) is 0 Å². The Kier molecular flexibility index (Phi) is 7.74. The normalized spacial score (nSPS) is 11.2. The average Bonchev–Trinajstić information content (AvgIpc) is 3.25. The predicted octanol–water partition coefficient (Wildman–Crippen LogP) is 4.12. The predicted molar refractivity (Wildman–Crippen MR) is 125 cm³/mol. The molecule has 178 valence electrons. The minimum atomic E-state index is -1.21. The van der Waals surface area contributed by atoms with Crippen molar-refractivity contribution in [2.24, 2.45) is 0 Å². The van der Waals surface area contributed by atoms with Crippen LogP contribution in [-0.2, 0) is 11.3 Å². The van der Waals surface area contributed by atoms with Crippen LogP contribution in [0.25, 0.3) is 17.5 Å². The summed E-state index contributed by atoms with van der Waals surface area (Å²) in [5, 5.41) is 29.8. The Bertz CT molecular complexity index is 1230. The molecule has 0 atom stereocenters. The first-order valence-electron chi connectivity index (χ1n) is 9.93. The Morgan fingerprint density at radius 2 is 1.79 bits per heavy atom. The van der Waals surface area contributed by atoms with Crippen molar-refractivity contribution in [1.82, 2.24) is 14.8 Å². The van der Waals surface area contributed by atoms with Gasteiger partial charge in [-0.05, 0) is 48.5 Å². The number of aromatic nitrogens is 3. The molecule has 0 spiro atoms. The van der Waals surface area contributed by atoms with Crippen LogP contribution in [0.1, 0.15) is 12.5 Å². The van der Waals surface area contributed by atoms with Crippen molar-refractivity contribution in [1.29, 1.82) is 0 Å². The van der Waals surface area contributed by atoms with Crippen molar-refractivity contribution in [3.8, 4) is 28.6 Å². The molecule has 1 N–H and O–H groups in total. The van der Waals surface area contributed by atoms with Crippen molar-refractivity contribution in [2.45, 2.75) is 18.6 Å². The molecule has 2 aromatic carbocycles. The number of ether oxygens (including phenoxy) is 3. The Labute approximate surface area is 199 Å². The van der Waals surface area contributed by atoms with Gasteiger partial charge in [0, 0.05) is 24.2 Å². The fourth-order valence-corrected chi connectivity index (χ4v) is 4.01. The monoisotopic (exact) mass is 486 g/mol. The Hall–Kier alpha value is -4.06. The Morgan fingerprint density at radius 3 is 2.32 bits per heavy atom. The molecule has 0 radical (unpaired) electrons. The van der Waals surface area contributed by atoms with Gasteiger partial charge >= 0.3 is 11.7 Å². The van der Waals surface area contributed by atoms with E-state index in [9.17, 15) is 20.0 Å². The van der Waals surface area contributed by atoms with Crippen LogP contribution in [0.15, 0.2) is 46.5 Å². The summed E-state index contributed by atoms with van der Waals surface area (Å²) in [7, 11) is 4.40. The lowest BCUT2D eigenvalue weighted by atomic mass is 10.1. The number of nitro benzene ring substituents is 1. The average molecular weight is 487 g/mol. The lowest BCUT2D eigenvalue weighted by molar-refractivity contribution is -0.385. The highest BCUT2D eigenvalue weighted by Crippen LogP contribution is 2.34. The molecular formula is C22H22N4O7S. The fraction of sp³-hybridized carbons (Fsp3) is 0.227. The number of nitro groups is 1. The molecule has 1 aromatic heterocycles. The van der Waals surface area contributed by atoms with Crippen LogP contribution in [0.5, 0.6) is 17.2 Å². The number of aliphatic carboxylic acids is 1. The molecule has 0 unspecified atom stereocenters. The van der Waals surface area contributed by atoms with E-state index in [1.165, 1.54) is 45.6 Å². The number of carboxylic acids is 1. The second-order valence-corrected chi connectivity index (χ2v) is 7.77. The number of methoxy groups -OCH3 is 3. The summed E-state index contributed by atoms with van der Waals surface area (Å²) in [5.41, 5.74) is 0.749. The van der Waals surface area contributed by atoms with Gasteiger partial charge in [-0.15, -0.1) is 10.2 Å². The van der Waals surface area contributed by atoms with Crippen LogP contribution < -0.4 is 14.2 Å². The molecule has 0 aliphatic heterocycles. The molecule has 3 aromatic rings. The zero-order valence-electron chi connectivity index (χ0n) is 18.8. The largest absolute Gasteiger partial charge is 0.497 e. The highest BCUT2D eigenvalue weighted by molar-refractivity contribution is 8.04. The molecule has 0 saturated carbocycles. The molecule has 11 nitrogen and oxygen atoms in total. The number of thioether (sulfide) groups is 1. The Morgan fingerprint density at radius 1 is 1.12 bits per heavy atom. The van der Waals surface area contributed by atoms with Gasteiger partial charge in [0.15, 0.2) is 16.7 Å². The van der Waals surface area contributed by atoms with Crippen LogP contribution in [0.2, 0.25) is 0 Å². The summed E-state index contributed by atoms with van der Waals surface area (Å²) in [6, 6.07) is 9.48. The summed E-state index contributed by atoms with van der Waals surface area (Å²) < 4.78 is 17.4. The van der Waals surface area contributed by atoms with Crippen LogP contribution in [0.3, 0.4) is 0 Å². The maximum atomic E-state index is 12.0. The molecule has 0 fully saturated rings. The van der Waals surface area contributed by atoms with Gasteiger partial charge in [-0.25, -0.2) is 4.79 Å². The molecule has 0 aliphatic rings. The van der Waals surface area contributed by atoms with E-state index in [2.05, 4.69) is 10.2 Å². The highest BCUT2D eigenvalue weighted by atomic mass is 32.2. The second-order valence-electron chi connectivity index (χ2n) is 6.76. The zero-order valence-corrected chi connectivity index (χ0v) is 19.7. The lowest BCUT2D eigenvalue weighted by Gasteiger charge is -2.10. The van der Waals surface area contributed by atoms with Crippen molar-refractivity contribution in [2.75, 3.05) is 21.3 Å². The quantitative estimate of drug-likeness (QED) is 0.193. The van der Waals surface area contributed by atoms with E-state index in [0.29, 0.717) is 40.2 Å². The van der Waals surface area contributed by atoms with Gasteiger partial charge in [-0.1, -0.05) is 6.07 Å². The number of rotatable bonds is 10. The minimum absolute atomic E-state index is 0.0794. The van der Waals surface area contributed by atoms with Crippen molar-refractivity contribution in [3.05, 3.63) is 57.0 Å². The summed E-state index contributed by atoms with van der Waals surface area (Å²) >= 11 is 0.890. The summed E-state index contributed by atoms with van der Waals surface area (Å²) in [6.45, 7) is 2.34. The van der Waals surface area contributed by atoms with Crippen molar-refractivity contribution in [3.63, 3.8) is 0 Å². The molecule has 0 aliphatic carbocycles. The third-order valence-corrected chi connectivity index (χ3v) is 5.75. The molecular weight excluding hydrogens is 464 g/mol. The zero-order chi connectivity index (χ0) is 24.8. The topological polar surface area (TPSA) is 139 Å². The fourth-order valence-electron chi connectivity index (χ4n) is 3.12. The van der Waals surface area contributed by atoms with E-state index in [4.69, 9.17) is 14.2 Å². The number of carboxylic acid groups (broad SMARTS) is 1.